The Hall–Kier alpha value is -1.26. The highest BCUT2D eigenvalue weighted by Gasteiger charge is 2.46. The summed E-state index contributed by atoms with van der Waals surface area (Å²) < 4.78 is 0. The van der Waals surface area contributed by atoms with Crippen LogP contribution < -0.4 is 5.84 Å². The third-order valence-electron chi connectivity index (χ3n) is 2.72. The summed E-state index contributed by atoms with van der Waals surface area (Å²) in [7, 11) is 0. The van der Waals surface area contributed by atoms with Gasteiger partial charge in [0.25, 0.3) is 0 Å². The molecule has 0 spiro atoms. The van der Waals surface area contributed by atoms with Crippen LogP contribution in [0.3, 0.4) is 0 Å². The number of nitrogens with zero attached hydrogens (tertiary/aromatic N) is 2. The van der Waals surface area contributed by atoms with Gasteiger partial charge in [0.05, 0.1) is 11.8 Å². The van der Waals surface area contributed by atoms with Crippen molar-refractivity contribution in [1.82, 2.24) is 4.90 Å². The van der Waals surface area contributed by atoms with Crippen LogP contribution in [0.1, 0.15) is 19.3 Å². The molecule has 2 rings (SSSR count). The lowest BCUT2D eigenvalue weighted by atomic mass is 9.99. The normalized spacial score (nSPS) is 36.3. The maximum absolute atomic E-state index is 10.8. The molecule has 66 valence electrons. The summed E-state index contributed by atoms with van der Waals surface area (Å²) in [5.41, 5.74) is 0.841. The van der Waals surface area contributed by atoms with Crippen LogP contribution in [-0.2, 0) is 0 Å². The number of hydrogen-bond acceptors (Lipinski definition) is 3. The second-order valence-electron chi connectivity index (χ2n) is 3.26. The average Bonchev–Trinajstić information content (AvgIpc) is 2.59. The second kappa shape index (κ2) is 2.36. The van der Waals surface area contributed by atoms with Gasteiger partial charge in [-0.3, -0.25) is 4.90 Å². The summed E-state index contributed by atoms with van der Waals surface area (Å²) in [4.78, 5) is 12.2. The van der Waals surface area contributed by atoms with Crippen LogP contribution in [0.15, 0.2) is 5.10 Å². The lowest BCUT2D eigenvalue weighted by molar-refractivity contribution is 0.141. The molecule has 3 N–H and O–H groups in total. The Bertz CT molecular complexity index is 251. The largest absolute Gasteiger partial charge is 0.465 e. The molecule has 2 saturated heterocycles. The second-order valence-corrected chi connectivity index (χ2v) is 3.26. The third kappa shape index (κ3) is 0.790. The molecule has 2 atom stereocenters. The zero-order chi connectivity index (χ0) is 8.72. The summed E-state index contributed by atoms with van der Waals surface area (Å²) in [6, 6.07) is 0.104. The third-order valence-corrected chi connectivity index (χ3v) is 2.72. The fraction of sp³-hybridized carbons (Fsp3) is 0.714. The standard InChI is InChI=1S/C7H11N3O2/c8-9-5-3-4-1-2-6(5)10(4)7(11)12/h4,6H,1-3,8H2,(H,11,12)/t4-,6?/m1/s1. The van der Waals surface area contributed by atoms with Crippen LogP contribution >= 0.6 is 0 Å². The van der Waals surface area contributed by atoms with Crippen molar-refractivity contribution in [3.05, 3.63) is 0 Å². The van der Waals surface area contributed by atoms with Gasteiger partial charge in [-0.25, -0.2) is 4.79 Å². The Labute approximate surface area is 69.8 Å². The van der Waals surface area contributed by atoms with Crippen LogP contribution in [0.25, 0.3) is 0 Å². The van der Waals surface area contributed by atoms with Gasteiger partial charge in [0.15, 0.2) is 0 Å². The maximum Gasteiger partial charge on any atom is 0.408 e. The van der Waals surface area contributed by atoms with Gasteiger partial charge >= 0.3 is 6.09 Å². The lowest BCUT2D eigenvalue weighted by Crippen LogP contribution is -2.35. The lowest BCUT2D eigenvalue weighted by Gasteiger charge is -2.16. The molecule has 1 amide bonds. The molecule has 1 unspecified atom stereocenters. The van der Waals surface area contributed by atoms with E-state index in [1.54, 1.807) is 0 Å². The number of hydrazone groups is 1. The van der Waals surface area contributed by atoms with Crippen LogP contribution in [0.4, 0.5) is 4.79 Å². The van der Waals surface area contributed by atoms with Gasteiger partial charge < -0.3 is 10.9 Å². The highest BCUT2D eigenvalue weighted by Crippen LogP contribution is 2.35. The number of carbonyl (C=O) groups is 1. The molecule has 2 aliphatic heterocycles. The van der Waals surface area contributed by atoms with Crippen LogP contribution in [0.5, 0.6) is 0 Å². The van der Waals surface area contributed by atoms with E-state index in [2.05, 4.69) is 5.10 Å². The SMILES string of the molecule is NN=C1C[C@H]2CCC1N2C(=O)O. The van der Waals surface area contributed by atoms with Crippen LogP contribution in [0.2, 0.25) is 0 Å². The van der Waals surface area contributed by atoms with Crippen molar-refractivity contribution in [3.63, 3.8) is 0 Å². The molecule has 2 bridgehead atoms. The molecule has 0 radical (unpaired) electrons. The Kier molecular flexibility index (Phi) is 1.46. The topological polar surface area (TPSA) is 78.9 Å². The fourth-order valence-electron chi connectivity index (χ4n) is 2.22. The van der Waals surface area contributed by atoms with Crippen molar-refractivity contribution in [2.24, 2.45) is 10.9 Å². The molecule has 2 aliphatic rings. The summed E-state index contributed by atoms with van der Waals surface area (Å²) in [6.45, 7) is 0. The van der Waals surface area contributed by atoms with E-state index in [1.165, 1.54) is 4.90 Å². The Morgan fingerprint density at radius 3 is 2.83 bits per heavy atom. The number of nitrogens with two attached hydrogens (primary N) is 1. The predicted octanol–water partition coefficient (Wildman–Crippen LogP) is 0.216. The Morgan fingerprint density at radius 2 is 2.42 bits per heavy atom. The molecule has 0 aromatic rings. The smallest absolute Gasteiger partial charge is 0.408 e. The van der Waals surface area contributed by atoms with Crippen LogP contribution in [-0.4, -0.2) is 33.9 Å². The summed E-state index contributed by atoms with van der Waals surface area (Å²) in [5, 5.41) is 12.5. The molecule has 0 aromatic heterocycles. The monoisotopic (exact) mass is 169 g/mol. The number of hydrogen-bond donors (Lipinski definition) is 2. The van der Waals surface area contributed by atoms with Crippen LogP contribution in [0, 0.1) is 0 Å². The number of amides is 1. The van der Waals surface area contributed by atoms with Gasteiger partial charge in [-0.05, 0) is 12.8 Å². The molecule has 2 fully saturated rings. The van der Waals surface area contributed by atoms with Gasteiger partial charge in [-0.2, -0.15) is 5.10 Å². The first-order valence-corrected chi connectivity index (χ1v) is 4.02. The fourth-order valence-corrected chi connectivity index (χ4v) is 2.22. The van der Waals surface area contributed by atoms with Crippen molar-refractivity contribution >= 4 is 11.8 Å². The molecule has 0 aromatic carbocycles. The molecule has 12 heavy (non-hydrogen) atoms. The first kappa shape index (κ1) is 7.39. The minimum Gasteiger partial charge on any atom is -0.465 e. The van der Waals surface area contributed by atoms with E-state index in [0.717, 1.165) is 25.0 Å². The van der Waals surface area contributed by atoms with E-state index < -0.39 is 6.09 Å². The Balaban J connectivity index is 2.25. The highest BCUT2D eigenvalue weighted by atomic mass is 16.4. The van der Waals surface area contributed by atoms with Crippen molar-refractivity contribution < 1.29 is 9.90 Å². The van der Waals surface area contributed by atoms with E-state index in [0.29, 0.717) is 0 Å². The van der Waals surface area contributed by atoms with Crippen molar-refractivity contribution in [2.45, 2.75) is 31.3 Å². The van der Waals surface area contributed by atoms with Gasteiger partial charge in [0.2, 0.25) is 0 Å². The number of fused-ring (bicyclic) bond motifs is 2. The molecular weight excluding hydrogens is 158 g/mol. The quantitative estimate of drug-likeness (QED) is 0.402. The van der Waals surface area contributed by atoms with Gasteiger partial charge in [0, 0.05) is 12.5 Å². The maximum atomic E-state index is 10.8. The van der Waals surface area contributed by atoms with E-state index in [-0.39, 0.29) is 12.1 Å². The predicted molar refractivity (Wildman–Crippen MR) is 42.9 cm³/mol. The van der Waals surface area contributed by atoms with Gasteiger partial charge in [-0.1, -0.05) is 0 Å². The molecular formula is C7H11N3O2. The first-order chi connectivity index (χ1) is 5.74. The van der Waals surface area contributed by atoms with Crippen molar-refractivity contribution in [3.8, 4) is 0 Å². The first-order valence-electron chi connectivity index (χ1n) is 4.02. The zero-order valence-corrected chi connectivity index (χ0v) is 6.60. The molecule has 2 heterocycles. The van der Waals surface area contributed by atoms with Crippen molar-refractivity contribution in [1.29, 1.82) is 0 Å². The number of carboxylic acid groups (broad SMARTS) is 1. The van der Waals surface area contributed by atoms with E-state index in [1.807, 2.05) is 0 Å². The summed E-state index contributed by atoms with van der Waals surface area (Å²) in [6.07, 6.45) is 1.72. The highest BCUT2D eigenvalue weighted by molar-refractivity contribution is 5.96. The molecule has 0 saturated carbocycles. The van der Waals surface area contributed by atoms with E-state index >= 15 is 0 Å². The molecule has 5 nitrogen and oxygen atoms in total. The van der Waals surface area contributed by atoms with Gasteiger partial charge in [0.1, 0.15) is 0 Å². The van der Waals surface area contributed by atoms with Crippen molar-refractivity contribution in [2.75, 3.05) is 0 Å². The zero-order valence-electron chi connectivity index (χ0n) is 6.60. The minimum atomic E-state index is -0.846. The average molecular weight is 169 g/mol. The van der Waals surface area contributed by atoms with E-state index in [4.69, 9.17) is 10.9 Å². The molecule has 0 aliphatic carbocycles. The Morgan fingerprint density at radius 1 is 1.67 bits per heavy atom. The summed E-state index contributed by atoms with van der Waals surface area (Å²) in [5.74, 6) is 5.15. The van der Waals surface area contributed by atoms with E-state index in [9.17, 15) is 4.79 Å². The summed E-state index contributed by atoms with van der Waals surface area (Å²) >= 11 is 0. The molecule has 5 heteroatoms. The van der Waals surface area contributed by atoms with Gasteiger partial charge in [-0.15, -0.1) is 0 Å². The number of rotatable bonds is 0. The minimum absolute atomic E-state index is 0.0301.